The zero-order valence-corrected chi connectivity index (χ0v) is 8.64. The van der Waals surface area contributed by atoms with Crippen LogP contribution in [0.1, 0.15) is 5.56 Å². The van der Waals surface area contributed by atoms with E-state index in [2.05, 4.69) is 16.4 Å². The lowest BCUT2D eigenvalue weighted by Gasteiger charge is -2.09. The number of nitrogens with zero attached hydrogens (tertiary/aromatic N) is 2. The van der Waals surface area contributed by atoms with Crippen LogP contribution in [0.2, 0.25) is 0 Å². The number of anilines is 1. The van der Waals surface area contributed by atoms with Crippen LogP contribution < -0.4 is 5.32 Å². The Labute approximate surface area is 93.2 Å². The number of para-hydroxylation sites is 1. The highest BCUT2D eigenvalue weighted by Gasteiger charge is 2.07. The molecule has 0 spiro atoms. The maximum absolute atomic E-state index is 8.98. The summed E-state index contributed by atoms with van der Waals surface area (Å²) in [4.78, 5) is 4.20. The Bertz CT molecular complexity index is 545. The third kappa shape index (κ3) is 1.81. The van der Waals surface area contributed by atoms with Gasteiger partial charge in [0.15, 0.2) is 0 Å². The molecule has 2 N–H and O–H groups in total. The van der Waals surface area contributed by atoms with Gasteiger partial charge in [-0.25, -0.2) is 0 Å². The van der Waals surface area contributed by atoms with Crippen molar-refractivity contribution in [1.29, 1.82) is 5.26 Å². The van der Waals surface area contributed by atoms with Crippen molar-refractivity contribution in [1.82, 2.24) is 4.98 Å². The highest BCUT2D eigenvalue weighted by atomic mass is 16.3. The van der Waals surface area contributed by atoms with Crippen LogP contribution in [0.5, 0.6) is 0 Å². The minimum Gasteiger partial charge on any atom is -0.395 e. The molecule has 1 heterocycles. The molecule has 0 radical (unpaired) electrons. The van der Waals surface area contributed by atoms with Crippen molar-refractivity contribution in [2.45, 2.75) is 0 Å². The number of rotatable bonds is 3. The summed E-state index contributed by atoms with van der Waals surface area (Å²) < 4.78 is 0. The summed E-state index contributed by atoms with van der Waals surface area (Å²) in [5.41, 5.74) is 2.07. The van der Waals surface area contributed by atoms with Crippen molar-refractivity contribution in [3.05, 3.63) is 36.0 Å². The lowest BCUT2D eigenvalue weighted by molar-refractivity contribution is 0.311. The van der Waals surface area contributed by atoms with Gasteiger partial charge in [-0.15, -0.1) is 0 Å². The predicted molar refractivity (Wildman–Crippen MR) is 62.0 cm³/mol. The summed E-state index contributed by atoms with van der Waals surface area (Å²) in [6.45, 7) is 0.449. The van der Waals surface area contributed by atoms with E-state index in [0.29, 0.717) is 12.1 Å². The first kappa shape index (κ1) is 10.4. The van der Waals surface area contributed by atoms with Crippen LogP contribution >= 0.6 is 0 Å². The van der Waals surface area contributed by atoms with E-state index in [1.165, 1.54) is 0 Å². The molecule has 0 fully saturated rings. The van der Waals surface area contributed by atoms with Crippen molar-refractivity contribution in [2.75, 3.05) is 18.5 Å². The van der Waals surface area contributed by atoms with Crippen molar-refractivity contribution < 1.29 is 5.11 Å². The number of aromatic nitrogens is 1. The normalized spacial score (nSPS) is 10.0. The third-order valence-electron chi connectivity index (χ3n) is 2.31. The number of benzene rings is 1. The summed E-state index contributed by atoms with van der Waals surface area (Å²) in [7, 11) is 0. The van der Waals surface area contributed by atoms with Gasteiger partial charge in [-0.3, -0.25) is 4.98 Å². The number of hydrogen-bond acceptors (Lipinski definition) is 4. The molecule has 0 aliphatic rings. The highest BCUT2D eigenvalue weighted by molar-refractivity contribution is 5.93. The van der Waals surface area contributed by atoms with Gasteiger partial charge in [0.1, 0.15) is 6.07 Å². The number of aliphatic hydroxyl groups is 1. The van der Waals surface area contributed by atoms with Gasteiger partial charge >= 0.3 is 0 Å². The maximum atomic E-state index is 8.98. The molecular weight excluding hydrogens is 202 g/mol. The Morgan fingerprint density at radius 2 is 2.19 bits per heavy atom. The molecule has 0 aliphatic carbocycles. The monoisotopic (exact) mass is 213 g/mol. The SMILES string of the molecule is N#Cc1cnc2ccccc2c1NCCO. The molecule has 1 aromatic carbocycles. The van der Waals surface area contributed by atoms with Gasteiger partial charge in [0.25, 0.3) is 0 Å². The van der Waals surface area contributed by atoms with E-state index in [1.807, 2.05) is 24.3 Å². The van der Waals surface area contributed by atoms with Crippen LogP contribution in [0.4, 0.5) is 5.69 Å². The molecule has 0 atom stereocenters. The number of hydrogen-bond donors (Lipinski definition) is 2. The van der Waals surface area contributed by atoms with E-state index in [-0.39, 0.29) is 6.61 Å². The smallest absolute Gasteiger partial charge is 0.103 e. The molecule has 0 saturated carbocycles. The van der Waals surface area contributed by atoms with E-state index in [9.17, 15) is 0 Å². The molecule has 0 aliphatic heterocycles. The van der Waals surface area contributed by atoms with Gasteiger partial charge in [0.2, 0.25) is 0 Å². The molecule has 4 heteroatoms. The topological polar surface area (TPSA) is 68.9 Å². The zero-order valence-electron chi connectivity index (χ0n) is 8.64. The minimum absolute atomic E-state index is 0.0293. The van der Waals surface area contributed by atoms with E-state index < -0.39 is 0 Å². The zero-order chi connectivity index (χ0) is 11.4. The van der Waals surface area contributed by atoms with Gasteiger partial charge in [-0.1, -0.05) is 18.2 Å². The van der Waals surface area contributed by atoms with Gasteiger partial charge in [0.05, 0.1) is 23.4 Å². The Hall–Kier alpha value is -2.12. The quantitative estimate of drug-likeness (QED) is 0.810. The lowest BCUT2D eigenvalue weighted by atomic mass is 10.1. The van der Waals surface area contributed by atoms with Crippen molar-refractivity contribution in [3.63, 3.8) is 0 Å². The average molecular weight is 213 g/mol. The molecule has 2 aromatic rings. The molecular formula is C12H11N3O. The highest BCUT2D eigenvalue weighted by Crippen LogP contribution is 2.24. The Balaban J connectivity index is 2.60. The average Bonchev–Trinajstić information content (AvgIpc) is 2.35. The van der Waals surface area contributed by atoms with E-state index in [0.717, 1.165) is 16.6 Å². The summed E-state index contributed by atoms with van der Waals surface area (Å²) in [6.07, 6.45) is 1.54. The minimum atomic E-state index is 0.0293. The van der Waals surface area contributed by atoms with Crippen LogP contribution in [0, 0.1) is 11.3 Å². The second-order valence-corrected chi connectivity index (χ2v) is 3.33. The van der Waals surface area contributed by atoms with Crippen LogP contribution in [-0.4, -0.2) is 23.2 Å². The first-order chi connectivity index (χ1) is 7.86. The fourth-order valence-electron chi connectivity index (χ4n) is 1.60. The van der Waals surface area contributed by atoms with Crippen molar-refractivity contribution >= 4 is 16.6 Å². The fraction of sp³-hybridized carbons (Fsp3) is 0.167. The maximum Gasteiger partial charge on any atom is 0.103 e. The van der Waals surface area contributed by atoms with Gasteiger partial charge in [-0.2, -0.15) is 5.26 Å². The van der Waals surface area contributed by atoms with E-state index >= 15 is 0 Å². The number of pyridine rings is 1. The number of nitriles is 1. The number of fused-ring (bicyclic) bond motifs is 1. The molecule has 16 heavy (non-hydrogen) atoms. The number of nitrogens with one attached hydrogen (secondary N) is 1. The van der Waals surface area contributed by atoms with Gasteiger partial charge in [-0.05, 0) is 6.07 Å². The molecule has 0 bridgehead atoms. The van der Waals surface area contributed by atoms with Crippen LogP contribution in [-0.2, 0) is 0 Å². The van der Waals surface area contributed by atoms with Crippen molar-refractivity contribution in [3.8, 4) is 6.07 Å². The largest absolute Gasteiger partial charge is 0.395 e. The summed E-state index contributed by atoms with van der Waals surface area (Å²) in [5, 5.41) is 21.7. The van der Waals surface area contributed by atoms with Crippen molar-refractivity contribution in [2.24, 2.45) is 0 Å². The molecule has 0 unspecified atom stereocenters. The third-order valence-corrected chi connectivity index (χ3v) is 2.31. The molecule has 80 valence electrons. The molecule has 4 nitrogen and oxygen atoms in total. The number of aliphatic hydroxyl groups excluding tert-OH is 1. The Morgan fingerprint density at radius 1 is 1.38 bits per heavy atom. The molecule has 0 amide bonds. The van der Waals surface area contributed by atoms with E-state index in [1.54, 1.807) is 6.20 Å². The van der Waals surface area contributed by atoms with Crippen LogP contribution in [0.15, 0.2) is 30.5 Å². The fourth-order valence-corrected chi connectivity index (χ4v) is 1.60. The second kappa shape index (κ2) is 4.60. The summed E-state index contributed by atoms with van der Waals surface area (Å²) in [6, 6.07) is 9.68. The van der Waals surface area contributed by atoms with Crippen LogP contribution in [0.25, 0.3) is 10.9 Å². The summed E-state index contributed by atoms with van der Waals surface area (Å²) >= 11 is 0. The first-order valence-electron chi connectivity index (χ1n) is 4.99. The van der Waals surface area contributed by atoms with Gasteiger partial charge < -0.3 is 10.4 Å². The second-order valence-electron chi connectivity index (χ2n) is 3.33. The Morgan fingerprint density at radius 3 is 2.94 bits per heavy atom. The van der Waals surface area contributed by atoms with Gasteiger partial charge in [0, 0.05) is 18.1 Å². The molecule has 0 saturated heterocycles. The first-order valence-corrected chi connectivity index (χ1v) is 4.99. The van der Waals surface area contributed by atoms with Crippen LogP contribution in [0.3, 0.4) is 0 Å². The molecule has 1 aromatic heterocycles. The lowest BCUT2D eigenvalue weighted by Crippen LogP contribution is -2.07. The summed E-state index contributed by atoms with van der Waals surface area (Å²) in [5.74, 6) is 0. The molecule has 2 rings (SSSR count). The standard InChI is InChI=1S/C12H11N3O/c13-7-9-8-15-11-4-2-1-3-10(11)12(9)14-5-6-16/h1-4,8,16H,5-6H2,(H,14,15). The Kier molecular flexibility index (Phi) is 2.99. The predicted octanol–water partition coefficient (Wildman–Crippen LogP) is 1.51. The van der Waals surface area contributed by atoms with E-state index in [4.69, 9.17) is 10.4 Å².